The SMILES string of the molecule is CC1(CO)COC2(CC(C)(C)N(OCCc3ccc(OCC4CO4)cc3)C(C)(C)C2)OC1. The van der Waals surface area contributed by atoms with Crippen LogP contribution < -0.4 is 4.74 Å². The number of hydrogen-bond donors (Lipinski definition) is 1. The second-order valence-corrected chi connectivity index (χ2v) is 11.2. The number of aliphatic hydroxyl groups is 1. The molecular weight excluding hydrogens is 410 g/mol. The van der Waals surface area contributed by atoms with E-state index in [0.717, 1.165) is 18.8 Å². The van der Waals surface area contributed by atoms with Crippen LogP contribution in [0.15, 0.2) is 24.3 Å². The van der Waals surface area contributed by atoms with Crippen molar-refractivity contribution in [3.8, 4) is 5.75 Å². The fraction of sp³-hybridized carbons (Fsp3) is 0.760. The normalized spacial score (nSPS) is 27.9. The molecule has 1 N–H and O–H groups in total. The molecule has 1 spiro atoms. The molecule has 0 bridgehead atoms. The maximum absolute atomic E-state index is 9.64. The summed E-state index contributed by atoms with van der Waals surface area (Å²) in [5, 5.41) is 11.8. The molecule has 0 amide bonds. The minimum atomic E-state index is -0.636. The molecule has 0 saturated carbocycles. The molecule has 3 heterocycles. The van der Waals surface area contributed by atoms with Gasteiger partial charge in [0, 0.05) is 29.3 Å². The van der Waals surface area contributed by atoms with Crippen molar-refractivity contribution >= 4 is 0 Å². The van der Waals surface area contributed by atoms with Crippen molar-refractivity contribution in [2.45, 2.75) is 76.9 Å². The molecule has 1 aromatic rings. The lowest BCUT2D eigenvalue weighted by molar-refractivity contribution is -0.382. The highest BCUT2D eigenvalue weighted by atomic mass is 16.7. The molecule has 180 valence electrons. The minimum Gasteiger partial charge on any atom is -0.491 e. The first kappa shape index (κ1) is 23.9. The van der Waals surface area contributed by atoms with Gasteiger partial charge in [-0.1, -0.05) is 19.1 Å². The molecule has 3 aliphatic rings. The number of aliphatic hydroxyl groups excluding tert-OH is 1. The van der Waals surface area contributed by atoms with Gasteiger partial charge in [0.05, 0.1) is 33.0 Å². The Morgan fingerprint density at radius 3 is 2.12 bits per heavy atom. The van der Waals surface area contributed by atoms with Crippen LogP contribution in [0.2, 0.25) is 0 Å². The summed E-state index contributed by atoms with van der Waals surface area (Å²) >= 11 is 0. The Balaban J connectivity index is 1.31. The van der Waals surface area contributed by atoms with Crippen LogP contribution >= 0.6 is 0 Å². The minimum absolute atomic E-state index is 0.0626. The molecule has 3 aliphatic heterocycles. The van der Waals surface area contributed by atoms with Crippen LogP contribution in [0.3, 0.4) is 0 Å². The third-order valence-corrected chi connectivity index (χ3v) is 6.63. The predicted octanol–water partition coefficient (Wildman–Crippen LogP) is 3.33. The van der Waals surface area contributed by atoms with Gasteiger partial charge in [0.15, 0.2) is 5.79 Å². The fourth-order valence-electron chi connectivity index (χ4n) is 5.04. The zero-order valence-corrected chi connectivity index (χ0v) is 20.2. The van der Waals surface area contributed by atoms with Crippen LogP contribution in [-0.4, -0.2) is 72.8 Å². The number of rotatable bonds is 8. The summed E-state index contributed by atoms with van der Waals surface area (Å²) < 4.78 is 23.4. The fourth-order valence-corrected chi connectivity index (χ4v) is 5.04. The Bertz CT molecular complexity index is 745. The van der Waals surface area contributed by atoms with E-state index in [1.54, 1.807) is 0 Å². The molecule has 1 atom stereocenters. The smallest absolute Gasteiger partial charge is 0.171 e. The van der Waals surface area contributed by atoms with Gasteiger partial charge in [-0.25, -0.2) is 0 Å². The van der Waals surface area contributed by atoms with E-state index in [4.69, 9.17) is 23.8 Å². The molecule has 0 radical (unpaired) electrons. The largest absolute Gasteiger partial charge is 0.491 e. The van der Waals surface area contributed by atoms with Gasteiger partial charge in [-0.05, 0) is 51.8 Å². The lowest BCUT2D eigenvalue weighted by Gasteiger charge is -2.59. The number of piperidine rings is 1. The van der Waals surface area contributed by atoms with Gasteiger partial charge in [0.1, 0.15) is 18.5 Å². The molecule has 32 heavy (non-hydrogen) atoms. The van der Waals surface area contributed by atoms with E-state index in [0.29, 0.717) is 39.3 Å². The summed E-state index contributed by atoms with van der Waals surface area (Å²) in [7, 11) is 0. The van der Waals surface area contributed by atoms with Crippen LogP contribution in [0.1, 0.15) is 53.0 Å². The van der Waals surface area contributed by atoms with Crippen molar-refractivity contribution < 1.29 is 28.9 Å². The summed E-state index contributed by atoms with van der Waals surface area (Å²) in [6, 6.07) is 8.20. The van der Waals surface area contributed by atoms with E-state index < -0.39 is 5.79 Å². The second kappa shape index (κ2) is 8.85. The number of hydrogen-bond acceptors (Lipinski definition) is 7. The molecule has 1 unspecified atom stereocenters. The van der Waals surface area contributed by atoms with Crippen LogP contribution in [-0.2, 0) is 25.5 Å². The Kier molecular flexibility index (Phi) is 6.62. The van der Waals surface area contributed by atoms with Gasteiger partial charge in [0.25, 0.3) is 0 Å². The molecule has 0 aliphatic carbocycles. The predicted molar refractivity (Wildman–Crippen MR) is 120 cm³/mol. The highest BCUT2D eigenvalue weighted by Crippen LogP contribution is 2.48. The van der Waals surface area contributed by atoms with Gasteiger partial charge in [0.2, 0.25) is 0 Å². The quantitative estimate of drug-likeness (QED) is 0.610. The van der Waals surface area contributed by atoms with Crippen LogP contribution in [0.5, 0.6) is 5.75 Å². The van der Waals surface area contributed by atoms with Gasteiger partial charge in [-0.15, -0.1) is 0 Å². The van der Waals surface area contributed by atoms with E-state index in [2.05, 4.69) is 44.9 Å². The Morgan fingerprint density at radius 1 is 1.00 bits per heavy atom. The maximum Gasteiger partial charge on any atom is 0.171 e. The van der Waals surface area contributed by atoms with Crippen molar-refractivity contribution in [3.63, 3.8) is 0 Å². The van der Waals surface area contributed by atoms with E-state index in [9.17, 15) is 5.11 Å². The van der Waals surface area contributed by atoms with Crippen LogP contribution in [0.25, 0.3) is 0 Å². The maximum atomic E-state index is 9.64. The average molecular weight is 450 g/mol. The van der Waals surface area contributed by atoms with Gasteiger partial charge >= 0.3 is 0 Å². The topological polar surface area (TPSA) is 72.9 Å². The molecule has 7 nitrogen and oxygen atoms in total. The Hall–Kier alpha value is -1.22. The summed E-state index contributed by atoms with van der Waals surface area (Å²) in [5.74, 6) is 0.238. The molecule has 1 aromatic carbocycles. The first-order valence-electron chi connectivity index (χ1n) is 11.7. The van der Waals surface area contributed by atoms with Crippen molar-refractivity contribution in [1.29, 1.82) is 0 Å². The highest BCUT2D eigenvalue weighted by molar-refractivity contribution is 5.27. The van der Waals surface area contributed by atoms with E-state index >= 15 is 0 Å². The highest BCUT2D eigenvalue weighted by Gasteiger charge is 2.57. The van der Waals surface area contributed by atoms with E-state index in [-0.39, 0.29) is 29.2 Å². The van der Waals surface area contributed by atoms with Crippen molar-refractivity contribution in [3.05, 3.63) is 29.8 Å². The molecule has 4 rings (SSSR count). The first-order valence-corrected chi connectivity index (χ1v) is 11.7. The average Bonchev–Trinajstić information content (AvgIpc) is 3.56. The second-order valence-electron chi connectivity index (χ2n) is 11.2. The summed E-state index contributed by atoms with van der Waals surface area (Å²) in [4.78, 5) is 6.37. The third kappa shape index (κ3) is 5.46. The van der Waals surface area contributed by atoms with Crippen molar-refractivity contribution in [1.82, 2.24) is 5.06 Å². The van der Waals surface area contributed by atoms with Crippen molar-refractivity contribution in [2.24, 2.45) is 5.41 Å². The van der Waals surface area contributed by atoms with Crippen LogP contribution in [0, 0.1) is 5.41 Å². The van der Waals surface area contributed by atoms with E-state index in [1.807, 2.05) is 19.1 Å². The molecule has 0 aromatic heterocycles. The summed E-state index contributed by atoms with van der Waals surface area (Å²) in [5.41, 5.74) is 0.347. The molecular formula is C25H39NO6. The number of nitrogens with zero attached hydrogens (tertiary/aromatic N) is 1. The number of benzene rings is 1. The third-order valence-electron chi connectivity index (χ3n) is 6.63. The van der Waals surface area contributed by atoms with Crippen molar-refractivity contribution in [2.75, 3.05) is 39.6 Å². The van der Waals surface area contributed by atoms with Crippen LogP contribution in [0.4, 0.5) is 0 Å². The zero-order chi connectivity index (χ0) is 23.0. The lowest BCUT2D eigenvalue weighted by atomic mass is 9.77. The van der Waals surface area contributed by atoms with Gasteiger partial charge < -0.3 is 24.1 Å². The van der Waals surface area contributed by atoms with E-state index in [1.165, 1.54) is 5.56 Å². The zero-order valence-electron chi connectivity index (χ0n) is 20.2. The van der Waals surface area contributed by atoms with Gasteiger partial charge in [-0.2, -0.15) is 5.06 Å². The molecule has 3 fully saturated rings. The summed E-state index contributed by atoms with van der Waals surface area (Å²) in [6.07, 6.45) is 2.51. The van der Waals surface area contributed by atoms with Gasteiger partial charge in [-0.3, -0.25) is 4.84 Å². The number of hydroxylamine groups is 2. The number of epoxide rings is 1. The standard InChI is InChI=1S/C25H39NO6/c1-22(2)14-25(30-17-24(5,16-27)18-31-25)15-23(3,4)26(22)32-11-10-19-6-8-20(9-7-19)28-12-21-13-29-21/h6-9,21,27H,10-18H2,1-5H3. The molecule has 3 saturated heterocycles. The Labute approximate surface area is 191 Å². The molecule has 7 heteroatoms. The Morgan fingerprint density at radius 2 is 1.59 bits per heavy atom. The monoisotopic (exact) mass is 449 g/mol. The summed E-state index contributed by atoms with van der Waals surface area (Å²) in [6.45, 7) is 13.8. The number of ether oxygens (including phenoxy) is 4. The first-order chi connectivity index (χ1) is 15.0. The lowest BCUT2D eigenvalue weighted by Crippen LogP contribution is -2.68.